The molecule has 1 aromatic heterocycles. The van der Waals surface area contributed by atoms with Crippen LogP contribution in [0.15, 0.2) is 36.4 Å². The number of rotatable bonds is 7. The van der Waals surface area contributed by atoms with Gasteiger partial charge in [-0.25, -0.2) is 9.97 Å². The lowest BCUT2D eigenvalue weighted by Crippen LogP contribution is -2.43. The number of carbonyl (C=O) groups excluding carboxylic acids is 1. The van der Waals surface area contributed by atoms with Crippen LogP contribution in [0.3, 0.4) is 0 Å². The molecule has 3 aromatic rings. The van der Waals surface area contributed by atoms with E-state index in [-0.39, 0.29) is 17.9 Å². The summed E-state index contributed by atoms with van der Waals surface area (Å²) < 4.78 is 0. The van der Waals surface area contributed by atoms with Crippen LogP contribution in [0.25, 0.3) is 10.9 Å². The third kappa shape index (κ3) is 6.58. The highest BCUT2D eigenvalue weighted by molar-refractivity contribution is 5.90. The van der Waals surface area contributed by atoms with E-state index in [0.29, 0.717) is 12.5 Å². The lowest BCUT2D eigenvalue weighted by Gasteiger charge is -2.33. The zero-order chi connectivity index (χ0) is 26.9. The number of nitrogens with two attached hydrogens (primary N) is 1. The molecule has 4 rings (SSSR count). The second-order valence-corrected chi connectivity index (χ2v) is 11.5. The fourth-order valence-electron chi connectivity index (χ4n) is 5.65. The van der Waals surface area contributed by atoms with E-state index in [1.807, 2.05) is 19.1 Å². The molecule has 198 valence electrons. The maximum atomic E-state index is 12.9. The average Bonchev–Trinajstić information content (AvgIpc) is 2.81. The molecule has 1 aliphatic rings. The van der Waals surface area contributed by atoms with E-state index in [1.165, 1.54) is 5.56 Å². The summed E-state index contributed by atoms with van der Waals surface area (Å²) in [4.78, 5) is 24.0. The molecular formula is C30H41N5O2. The summed E-state index contributed by atoms with van der Waals surface area (Å²) in [5.41, 5.74) is 10.4. The first-order valence-electron chi connectivity index (χ1n) is 13.3. The number of benzene rings is 2. The van der Waals surface area contributed by atoms with Crippen molar-refractivity contribution >= 4 is 28.3 Å². The van der Waals surface area contributed by atoms with Gasteiger partial charge in [0.25, 0.3) is 0 Å². The minimum Gasteiger partial charge on any atom is -0.399 e. The van der Waals surface area contributed by atoms with Gasteiger partial charge in [0.05, 0.1) is 17.2 Å². The molecule has 7 heteroatoms. The minimum absolute atomic E-state index is 0.0230. The van der Waals surface area contributed by atoms with Gasteiger partial charge in [0.1, 0.15) is 11.6 Å². The zero-order valence-electron chi connectivity index (χ0n) is 23.0. The Morgan fingerprint density at radius 1 is 1.14 bits per heavy atom. The Kier molecular flexibility index (Phi) is 7.74. The summed E-state index contributed by atoms with van der Waals surface area (Å²) in [6.45, 7) is 9.91. The molecule has 0 unspecified atom stereocenters. The van der Waals surface area contributed by atoms with Gasteiger partial charge >= 0.3 is 0 Å². The summed E-state index contributed by atoms with van der Waals surface area (Å²) in [7, 11) is 1.79. The molecule has 7 nitrogen and oxygen atoms in total. The van der Waals surface area contributed by atoms with Crippen LogP contribution in [0.2, 0.25) is 0 Å². The van der Waals surface area contributed by atoms with Crippen molar-refractivity contribution in [2.24, 2.45) is 5.92 Å². The van der Waals surface area contributed by atoms with E-state index in [9.17, 15) is 9.90 Å². The quantitative estimate of drug-likeness (QED) is 0.368. The van der Waals surface area contributed by atoms with Gasteiger partial charge in [0.2, 0.25) is 5.91 Å². The van der Waals surface area contributed by atoms with Crippen LogP contribution in [0.5, 0.6) is 0 Å². The monoisotopic (exact) mass is 503 g/mol. The lowest BCUT2D eigenvalue weighted by atomic mass is 9.78. The van der Waals surface area contributed by atoms with Gasteiger partial charge in [-0.3, -0.25) is 4.79 Å². The largest absolute Gasteiger partial charge is 0.399 e. The fourth-order valence-corrected chi connectivity index (χ4v) is 5.65. The highest BCUT2D eigenvalue weighted by Crippen LogP contribution is 2.38. The predicted octanol–water partition coefficient (Wildman–Crippen LogP) is 5.51. The molecule has 1 heterocycles. The van der Waals surface area contributed by atoms with Gasteiger partial charge in [-0.15, -0.1) is 0 Å². The molecule has 0 spiro atoms. The van der Waals surface area contributed by atoms with Gasteiger partial charge in [0, 0.05) is 30.6 Å². The average molecular weight is 504 g/mol. The number of aromatic nitrogens is 2. The van der Waals surface area contributed by atoms with Crippen molar-refractivity contribution in [1.29, 1.82) is 0 Å². The summed E-state index contributed by atoms with van der Waals surface area (Å²) >= 11 is 0. The van der Waals surface area contributed by atoms with Crippen LogP contribution in [-0.4, -0.2) is 45.1 Å². The number of aryl methyl sites for hydroxylation is 2. The number of aliphatic hydroxyl groups is 1. The first-order valence-corrected chi connectivity index (χ1v) is 13.3. The number of fused-ring (bicyclic) bond motifs is 1. The number of nitrogens with one attached hydrogen (secondary N) is 1. The topological polar surface area (TPSA) is 104 Å². The van der Waals surface area contributed by atoms with Gasteiger partial charge in [0.15, 0.2) is 0 Å². The van der Waals surface area contributed by atoms with Gasteiger partial charge in [-0.2, -0.15) is 0 Å². The number of likely N-dealkylation sites (N-methyl/N-ethyl adjacent to an activating group) is 1. The fraction of sp³-hybridized carbons (Fsp3) is 0.500. The smallest absolute Gasteiger partial charge is 0.225 e. The van der Waals surface area contributed by atoms with Crippen LogP contribution in [0, 0.1) is 19.8 Å². The van der Waals surface area contributed by atoms with Crippen molar-refractivity contribution in [2.75, 3.05) is 24.6 Å². The van der Waals surface area contributed by atoms with E-state index >= 15 is 0 Å². The number of nitrogen functional groups attached to an aromatic ring is 1. The van der Waals surface area contributed by atoms with E-state index in [2.05, 4.69) is 48.4 Å². The summed E-state index contributed by atoms with van der Waals surface area (Å²) in [6, 6.07) is 12.7. The Hall–Kier alpha value is -3.19. The van der Waals surface area contributed by atoms with Crippen LogP contribution >= 0.6 is 0 Å². The van der Waals surface area contributed by atoms with Crippen molar-refractivity contribution in [1.82, 2.24) is 14.9 Å². The molecular weight excluding hydrogens is 462 g/mol. The normalized spacial score (nSPS) is 19.0. The van der Waals surface area contributed by atoms with Crippen LogP contribution in [0.1, 0.15) is 80.9 Å². The Morgan fingerprint density at radius 2 is 1.84 bits per heavy atom. The van der Waals surface area contributed by atoms with E-state index in [0.717, 1.165) is 65.0 Å². The van der Waals surface area contributed by atoms with Crippen molar-refractivity contribution < 1.29 is 9.90 Å². The molecule has 1 amide bonds. The summed E-state index contributed by atoms with van der Waals surface area (Å²) in [5.74, 6) is 2.12. The van der Waals surface area contributed by atoms with E-state index < -0.39 is 5.60 Å². The Balaban J connectivity index is 1.51. The SMILES string of the molecule is Cc1cc(N)cc([C@H](C)Nc2nc(C)nc3ccc(C4CCC(C(=O)N(C)CC(C)(C)O)CC4)cc23)c1. The van der Waals surface area contributed by atoms with Gasteiger partial charge in [-0.05, 0) is 107 Å². The number of nitrogens with zero attached hydrogens (tertiary/aromatic N) is 3. The molecule has 1 atom stereocenters. The zero-order valence-corrected chi connectivity index (χ0v) is 23.0. The third-order valence-electron chi connectivity index (χ3n) is 7.35. The molecule has 37 heavy (non-hydrogen) atoms. The van der Waals surface area contributed by atoms with E-state index in [4.69, 9.17) is 10.7 Å². The standard InChI is InChI=1S/C30H41N5O2/c1-18-13-24(15-25(31)14-18)19(2)32-28-26-16-23(11-12-27(26)33-20(3)34-28)21-7-9-22(10-8-21)29(36)35(6)17-30(4,5)37/h11-16,19,21-22,37H,7-10,17,31H2,1-6H3,(H,32,33,34)/t19-,21?,22?/m0/s1. The lowest BCUT2D eigenvalue weighted by molar-refractivity contribution is -0.138. The van der Waals surface area contributed by atoms with Crippen molar-refractivity contribution in [3.8, 4) is 0 Å². The molecule has 1 saturated carbocycles. The van der Waals surface area contributed by atoms with E-state index in [1.54, 1.807) is 25.8 Å². The summed E-state index contributed by atoms with van der Waals surface area (Å²) in [6.07, 6.45) is 3.65. The second-order valence-electron chi connectivity index (χ2n) is 11.5. The third-order valence-corrected chi connectivity index (χ3v) is 7.35. The van der Waals surface area contributed by atoms with Crippen LogP contribution in [0.4, 0.5) is 11.5 Å². The predicted molar refractivity (Wildman–Crippen MR) is 151 cm³/mol. The Morgan fingerprint density at radius 3 is 2.49 bits per heavy atom. The molecule has 0 bridgehead atoms. The van der Waals surface area contributed by atoms with Crippen LogP contribution < -0.4 is 11.1 Å². The molecule has 0 radical (unpaired) electrons. The molecule has 2 aromatic carbocycles. The van der Waals surface area contributed by atoms with Gasteiger partial charge in [-0.1, -0.05) is 12.1 Å². The maximum Gasteiger partial charge on any atom is 0.225 e. The highest BCUT2D eigenvalue weighted by atomic mass is 16.3. The molecule has 0 aliphatic heterocycles. The van der Waals surface area contributed by atoms with Crippen molar-refractivity contribution in [3.05, 3.63) is 58.9 Å². The highest BCUT2D eigenvalue weighted by Gasteiger charge is 2.30. The second kappa shape index (κ2) is 10.7. The maximum absolute atomic E-state index is 12.9. The number of hydrogen-bond donors (Lipinski definition) is 3. The molecule has 0 saturated heterocycles. The number of amides is 1. The number of anilines is 2. The van der Waals surface area contributed by atoms with Crippen LogP contribution in [-0.2, 0) is 4.79 Å². The van der Waals surface area contributed by atoms with Crippen molar-refractivity contribution in [3.63, 3.8) is 0 Å². The first kappa shape index (κ1) is 26.9. The number of hydrogen-bond acceptors (Lipinski definition) is 6. The Labute approximate surface area is 220 Å². The molecule has 4 N–H and O–H groups in total. The summed E-state index contributed by atoms with van der Waals surface area (Å²) in [5, 5.41) is 14.7. The molecule has 1 aliphatic carbocycles. The van der Waals surface area contributed by atoms with Gasteiger partial charge < -0.3 is 21.1 Å². The first-order chi connectivity index (χ1) is 17.4. The van der Waals surface area contributed by atoms with Crippen molar-refractivity contribution in [2.45, 2.75) is 77.9 Å². The minimum atomic E-state index is -0.887. The number of carbonyl (C=O) groups is 1. The Bertz CT molecular complexity index is 1250. The molecule has 1 fully saturated rings.